The van der Waals surface area contributed by atoms with E-state index in [4.69, 9.17) is 9.57 Å². The Kier molecular flexibility index (Phi) is 3.08. The van der Waals surface area contributed by atoms with Gasteiger partial charge in [-0.25, -0.2) is 9.18 Å². The third-order valence-corrected chi connectivity index (χ3v) is 3.81. The van der Waals surface area contributed by atoms with E-state index in [1.54, 1.807) is 12.1 Å². The Hall–Kier alpha value is -2.11. The zero-order valence-electron chi connectivity index (χ0n) is 10.9. The van der Waals surface area contributed by atoms with Crippen LogP contribution in [-0.2, 0) is 4.84 Å². The standard InChI is InChI=1S/C14H14FNO4/c1-19-11-3-2-7(4-10(11)14(17)18)13-9-5-8(15)6-12(9)20-16-13/h2-4,8-9,12H,5-6H2,1H3,(H,17,18). The second kappa shape index (κ2) is 4.77. The molecule has 1 aliphatic heterocycles. The number of fused-ring (bicyclic) bond motifs is 1. The number of alkyl halides is 1. The van der Waals surface area contributed by atoms with Crippen molar-refractivity contribution in [1.82, 2.24) is 0 Å². The number of rotatable bonds is 3. The summed E-state index contributed by atoms with van der Waals surface area (Å²) in [6.45, 7) is 0. The van der Waals surface area contributed by atoms with E-state index in [-0.39, 0.29) is 23.3 Å². The van der Waals surface area contributed by atoms with Gasteiger partial charge < -0.3 is 14.7 Å². The van der Waals surface area contributed by atoms with Crippen molar-refractivity contribution in [3.8, 4) is 5.75 Å². The molecular weight excluding hydrogens is 265 g/mol. The fourth-order valence-electron chi connectivity index (χ4n) is 2.84. The minimum Gasteiger partial charge on any atom is -0.496 e. The third kappa shape index (κ3) is 2.01. The van der Waals surface area contributed by atoms with Crippen LogP contribution in [0.5, 0.6) is 5.75 Å². The van der Waals surface area contributed by atoms with Crippen LogP contribution in [0.15, 0.2) is 23.4 Å². The van der Waals surface area contributed by atoms with Crippen molar-refractivity contribution in [3.05, 3.63) is 29.3 Å². The minimum absolute atomic E-state index is 0.0611. The van der Waals surface area contributed by atoms with Crippen LogP contribution in [0.4, 0.5) is 4.39 Å². The van der Waals surface area contributed by atoms with Gasteiger partial charge in [0.1, 0.15) is 23.6 Å². The molecule has 5 nitrogen and oxygen atoms in total. The van der Waals surface area contributed by atoms with Crippen LogP contribution in [0.25, 0.3) is 0 Å². The summed E-state index contributed by atoms with van der Waals surface area (Å²) in [6.07, 6.45) is -0.388. The first kappa shape index (κ1) is 12.9. The summed E-state index contributed by atoms with van der Waals surface area (Å²) in [7, 11) is 1.42. The monoisotopic (exact) mass is 279 g/mol. The molecule has 106 valence electrons. The van der Waals surface area contributed by atoms with E-state index in [0.717, 1.165) is 0 Å². The van der Waals surface area contributed by atoms with Gasteiger partial charge in [0.05, 0.1) is 12.8 Å². The van der Waals surface area contributed by atoms with Gasteiger partial charge in [-0.2, -0.15) is 0 Å². The molecule has 6 heteroatoms. The summed E-state index contributed by atoms with van der Waals surface area (Å²) >= 11 is 0. The van der Waals surface area contributed by atoms with Gasteiger partial charge in [-0.05, 0) is 24.6 Å². The lowest BCUT2D eigenvalue weighted by Gasteiger charge is -2.11. The number of aromatic carboxylic acids is 1. The average molecular weight is 279 g/mol. The molecule has 1 N–H and O–H groups in total. The van der Waals surface area contributed by atoms with Gasteiger partial charge in [-0.1, -0.05) is 5.16 Å². The smallest absolute Gasteiger partial charge is 0.339 e. The van der Waals surface area contributed by atoms with E-state index < -0.39 is 12.1 Å². The predicted octanol–water partition coefficient (Wildman–Crippen LogP) is 2.24. The van der Waals surface area contributed by atoms with Crippen molar-refractivity contribution in [3.63, 3.8) is 0 Å². The maximum Gasteiger partial charge on any atom is 0.339 e. The number of nitrogens with zero attached hydrogens (tertiary/aromatic N) is 1. The Balaban J connectivity index is 1.95. The molecule has 0 saturated heterocycles. The number of hydrogen-bond donors (Lipinski definition) is 1. The van der Waals surface area contributed by atoms with Crippen LogP contribution in [-0.4, -0.2) is 36.2 Å². The molecule has 20 heavy (non-hydrogen) atoms. The summed E-state index contributed by atoms with van der Waals surface area (Å²) in [4.78, 5) is 16.5. The van der Waals surface area contributed by atoms with E-state index in [1.807, 2.05) is 0 Å². The summed E-state index contributed by atoms with van der Waals surface area (Å²) in [5, 5.41) is 13.2. The Morgan fingerprint density at radius 2 is 2.30 bits per heavy atom. The first-order valence-electron chi connectivity index (χ1n) is 6.39. The van der Waals surface area contributed by atoms with Crippen LogP contribution in [0.2, 0.25) is 0 Å². The summed E-state index contributed by atoms with van der Waals surface area (Å²) in [6, 6.07) is 4.80. The van der Waals surface area contributed by atoms with Crippen LogP contribution in [0.3, 0.4) is 0 Å². The quantitative estimate of drug-likeness (QED) is 0.921. The van der Waals surface area contributed by atoms with Gasteiger partial charge in [0.15, 0.2) is 0 Å². The number of carboxylic acids is 1. The predicted molar refractivity (Wildman–Crippen MR) is 69.0 cm³/mol. The number of ether oxygens (including phenoxy) is 1. The van der Waals surface area contributed by atoms with Crippen LogP contribution in [0, 0.1) is 5.92 Å². The van der Waals surface area contributed by atoms with Crippen molar-refractivity contribution in [2.45, 2.75) is 25.1 Å². The van der Waals surface area contributed by atoms with Gasteiger partial charge in [-0.3, -0.25) is 0 Å². The maximum absolute atomic E-state index is 13.4. The summed E-state index contributed by atoms with van der Waals surface area (Å²) < 4.78 is 18.4. The molecule has 0 aromatic heterocycles. The van der Waals surface area contributed by atoms with Crippen LogP contribution < -0.4 is 4.74 Å². The second-order valence-electron chi connectivity index (χ2n) is 5.02. The molecule has 2 aliphatic rings. The Morgan fingerprint density at radius 1 is 1.50 bits per heavy atom. The van der Waals surface area contributed by atoms with Gasteiger partial charge in [-0.15, -0.1) is 0 Å². The Bertz CT molecular complexity index is 587. The largest absolute Gasteiger partial charge is 0.496 e. The van der Waals surface area contributed by atoms with Crippen molar-refractivity contribution in [2.75, 3.05) is 7.11 Å². The minimum atomic E-state index is -1.07. The zero-order valence-corrected chi connectivity index (χ0v) is 10.9. The molecular formula is C14H14FNO4. The SMILES string of the molecule is COc1ccc(C2=NOC3CC(F)CC23)cc1C(=O)O. The Morgan fingerprint density at radius 3 is 3.00 bits per heavy atom. The molecule has 1 aromatic rings. The molecule has 1 aliphatic carbocycles. The van der Waals surface area contributed by atoms with E-state index in [0.29, 0.717) is 24.1 Å². The van der Waals surface area contributed by atoms with Crippen molar-refractivity contribution in [2.24, 2.45) is 11.1 Å². The zero-order chi connectivity index (χ0) is 14.3. The molecule has 3 atom stereocenters. The van der Waals surface area contributed by atoms with E-state index in [1.165, 1.54) is 13.2 Å². The molecule has 0 amide bonds. The fraction of sp³-hybridized carbons (Fsp3) is 0.429. The molecule has 1 heterocycles. The number of carboxylic acid groups (broad SMARTS) is 1. The van der Waals surface area contributed by atoms with E-state index in [9.17, 15) is 14.3 Å². The molecule has 1 fully saturated rings. The van der Waals surface area contributed by atoms with E-state index in [2.05, 4.69) is 5.16 Å². The van der Waals surface area contributed by atoms with Crippen LogP contribution >= 0.6 is 0 Å². The van der Waals surface area contributed by atoms with E-state index >= 15 is 0 Å². The molecule has 1 aromatic carbocycles. The van der Waals surface area contributed by atoms with Crippen LogP contribution in [0.1, 0.15) is 28.8 Å². The summed E-state index contributed by atoms with van der Waals surface area (Å²) in [5.41, 5.74) is 1.33. The van der Waals surface area contributed by atoms with Crippen molar-refractivity contribution in [1.29, 1.82) is 0 Å². The number of halogens is 1. The summed E-state index contributed by atoms with van der Waals surface area (Å²) in [5.74, 6) is -0.887. The number of oxime groups is 1. The number of carbonyl (C=O) groups is 1. The maximum atomic E-state index is 13.4. The number of benzene rings is 1. The molecule has 0 radical (unpaired) electrons. The normalized spacial score (nSPS) is 27.7. The highest BCUT2D eigenvalue weighted by Gasteiger charge is 2.43. The molecule has 3 rings (SSSR count). The highest BCUT2D eigenvalue weighted by molar-refractivity contribution is 6.05. The van der Waals surface area contributed by atoms with Gasteiger partial charge in [0.25, 0.3) is 0 Å². The lowest BCUT2D eigenvalue weighted by molar-refractivity contribution is 0.0690. The second-order valence-corrected chi connectivity index (χ2v) is 5.02. The molecule has 3 unspecified atom stereocenters. The molecule has 1 saturated carbocycles. The van der Waals surface area contributed by atoms with Crippen molar-refractivity contribution < 1.29 is 23.9 Å². The first-order valence-corrected chi connectivity index (χ1v) is 6.39. The molecule has 0 spiro atoms. The number of hydrogen-bond acceptors (Lipinski definition) is 4. The number of methoxy groups -OCH3 is 1. The van der Waals surface area contributed by atoms with Gasteiger partial charge >= 0.3 is 5.97 Å². The average Bonchev–Trinajstić information content (AvgIpc) is 2.96. The van der Waals surface area contributed by atoms with Gasteiger partial charge in [0, 0.05) is 17.9 Å². The highest BCUT2D eigenvalue weighted by Crippen LogP contribution is 2.38. The fourth-order valence-corrected chi connectivity index (χ4v) is 2.84. The lowest BCUT2D eigenvalue weighted by atomic mass is 9.93. The van der Waals surface area contributed by atoms with Gasteiger partial charge in [0.2, 0.25) is 0 Å². The molecule has 0 bridgehead atoms. The Labute approximate surface area is 115 Å². The van der Waals surface area contributed by atoms with Crippen molar-refractivity contribution >= 4 is 11.7 Å². The lowest BCUT2D eigenvalue weighted by Crippen LogP contribution is -2.18. The topological polar surface area (TPSA) is 68.1 Å². The first-order chi connectivity index (χ1) is 9.60. The highest BCUT2D eigenvalue weighted by atomic mass is 19.1. The third-order valence-electron chi connectivity index (χ3n) is 3.81.